The van der Waals surface area contributed by atoms with Gasteiger partial charge in [0.2, 0.25) is 0 Å². The standard InChI is InChI=1S/C13H21BrN2O/c1-4-17-8-7-16(3)13-6-5-12(14)9-11(13)10-15-2/h5-6,9,15H,4,7-8,10H2,1-3H3. The van der Waals surface area contributed by atoms with Crippen LogP contribution in [0.2, 0.25) is 0 Å². The molecular weight excluding hydrogens is 280 g/mol. The van der Waals surface area contributed by atoms with Gasteiger partial charge >= 0.3 is 0 Å². The molecule has 1 aromatic rings. The van der Waals surface area contributed by atoms with Gasteiger partial charge in [0.15, 0.2) is 0 Å². The molecule has 0 atom stereocenters. The van der Waals surface area contributed by atoms with Crippen LogP contribution in [0.3, 0.4) is 0 Å². The molecule has 0 aliphatic carbocycles. The van der Waals surface area contributed by atoms with Crippen molar-refractivity contribution in [2.24, 2.45) is 0 Å². The smallest absolute Gasteiger partial charge is 0.0641 e. The minimum Gasteiger partial charge on any atom is -0.380 e. The zero-order valence-corrected chi connectivity index (χ0v) is 12.4. The van der Waals surface area contributed by atoms with E-state index in [-0.39, 0.29) is 0 Å². The molecule has 0 spiro atoms. The molecule has 0 bridgehead atoms. The summed E-state index contributed by atoms with van der Waals surface area (Å²) in [4.78, 5) is 2.23. The topological polar surface area (TPSA) is 24.5 Å². The van der Waals surface area contributed by atoms with Gasteiger partial charge in [-0.15, -0.1) is 0 Å². The van der Waals surface area contributed by atoms with Gasteiger partial charge in [-0.25, -0.2) is 0 Å². The van der Waals surface area contributed by atoms with Crippen molar-refractivity contribution in [3.8, 4) is 0 Å². The van der Waals surface area contributed by atoms with Crippen molar-refractivity contribution in [1.29, 1.82) is 0 Å². The Hall–Kier alpha value is -0.580. The van der Waals surface area contributed by atoms with E-state index in [2.05, 4.69) is 51.4 Å². The molecule has 1 N–H and O–H groups in total. The quantitative estimate of drug-likeness (QED) is 0.784. The summed E-state index contributed by atoms with van der Waals surface area (Å²) in [7, 11) is 4.06. The summed E-state index contributed by atoms with van der Waals surface area (Å²) in [5.41, 5.74) is 2.54. The average Bonchev–Trinajstić information content (AvgIpc) is 2.30. The second kappa shape index (κ2) is 7.69. The maximum absolute atomic E-state index is 5.38. The van der Waals surface area contributed by atoms with Crippen LogP contribution in [-0.2, 0) is 11.3 Å². The van der Waals surface area contributed by atoms with E-state index in [0.29, 0.717) is 0 Å². The van der Waals surface area contributed by atoms with Crippen molar-refractivity contribution in [3.05, 3.63) is 28.2 Å². The number of ether oxygens (including phenoxy) is 1. The van der Waals surface area contributed by atoms with Crippen LogP contribution in [-0.4, -0.2) is 33.9 Å². The maximum Gasteiger partial charge on any atom is 0.0641 e. The summed E-state index contributed by atoms with van der Waals surface area (Å²) in [6.07, 6.45) is 0. The van der Waals surface area contributed by atoms with E-state index in [0.717, 1.165) is 30.8 Å². The summed E-state index contributed by atoms with van der Waals surface area (Å²) in [6, 6.07) is 6.37. The first-order valence-corrected chi connectivity index (χ1v) is 6.70. The number of anilines is 1. The Bertz CT molecular complexity index is 344. The van der Waals surface area contributed by atoms with Crippen LogP contribution < -0.4 is 10.2 Å². The van der Waals surface area contributed by atoms with Crippen LogP contribution in [0.25, 0.3) is 0 Å². The number of nitrogens with one attached hydrogen (secondary N) is 1. The third kappa shape index (κ3) is 4.66. The lowest BCUT2D eigenvalue weighted by atomic mass is 10.1. The van der Waals surface area contributed by atoms with Crippen LogP contribution in [0.5, 0.6) is 0 Å². The third-order valence-corrected chi connectivity index (χ3v) is 3.09. The number of benzene rings is 1. The van der Waals surface area contributed by atoms with E-state index in [9.17, 15) is 0 Å². The highest BCUT2D eigenvalue weighted by molar-refractivity contribution is 9.10. The fraction of sp³-hybridized carbons (Fsp3) is 0.538. The molecule has 0 unspecified atom stereocenters. The van der Waals surface area contributed by atoms with E-state index >= 15 is 0 Å². The van der Waals surface area contributed by atoms with Gasteiger partial charge in [0, 0.05) is 36.9 Å². The molecule has 0 saturated carbocycles. The summed E-state index contributed by atoms with van der Waals surface area (Å²) in [5, 5.41) is 3.19. The molecule has 1 aromatic carbocycles. The molecule has 0 fully saturated rings. The van der Waals surface area contributed by atoms with Crippen molar-refractivity contribution in [3.63, 3.8) is 0 Å². The summed E-state index contributed by atoms with van der Waals surface area (Å²) in [6.45, 7) is 5.34. The van der Waals surface area contributed by atoms with Crippen LogP contribution in [0.1, 0.15) is 12.5 Å². The van der Waals surface area contributed by atoms with Gasteiger partial charge < -0.3 is 15.0 Å². The van der Waals surface area contributed by atoms with Crippen LogP contribution in [0, 0.1) is 0 Å². The van der Waals surface area contributed by atoms with Crippen LogP contribution in [0.15, 0.2) is 22.7 Å². The molecule has 0 aliphatic rings. The van der Waals surface area contributed by atoms with E-state index in [1.165, 1.54) is 11.3 Å². The van der Waals surface area contributed by atoms with Crippen LogP contribution >= 0.6 is 15.9 Å². The number of nitrogens with zero attached hydrogens (tertiary/aromatic N) is 1. The monoisotopic (exact) mass is 300 g/mol. The van der Waals surface area contributed by atoms with Gasteiger partial charge in [0.05, 0.1) is 6.61 Å². The molecule has 0 saturated heterocycles. The Kier molecular flexibility index (Phi) is 6.55. The number of hydrogen-bond donors (Lipinski definition) is 1. The molecule has 0 aliphatic heterocycles. The molecular formula is C13H21BrN2O. The molecule has 4 heteroatoms. The number of halogens is 1. The minimum absolute atomic E-state index is 0.766. The zero-order chi connectivity index (χ0) is 12.7. The van der Waals surface area contributed by atoms with E-state index < -0.39 is 0 Å². The summed E-state index contributed by atoms with van der Waals surface area (Å²) in [5.74, 6) is 0. The molecule has 0 radical (unpaired) electrons. The fourth-order valence-corrected chi connectivity index (χ4v) is 2.13. The van der Waals surface area contributed by atoms with Gasteiger partial charge in [0.1, 0.15) is 0 Å². The fourth-order valence-electron chi connectivity index (χ4n) is 1.72. The highest BCUT2D eigenvalue weighted by Gasteiger charge is 2.07. The number of hydrogen-bond acceptors (Lipinski definition) is 3. The van der Waals surface area contributed by atoms with Gasteiger partial charge in [-0.2, -0.15) is 0 Å². The first-order valence-electron chi connectivity index (χ1n) is 5.91. The van der Waals surface area contributed by atoms with Gasteiger partial charge in [-0.1, -0.05) is 15.9 Å². The van der Waals surface area contributed by atoms with Gasteiger partial charge in [-0.05, 0) is 37.7 Å². The average molecular weight is 301 g/mol. The second-order valence-electron chi connectivity index (χ2n) is 3.92. The molecule has 0 amide bonds. The van der Waals surface area contributed by atoms with Crippen molar-refractivity contribution >= 4 is 21.6 Å². The lowest BCUT2D eigenvalue weighted by Crippen LogP contribution is -2.24. The van der Waals surface area contributed by atoms with Crippen molar-refractivity contribution in [2.75, 3.05) is 38.8 Å². The van der Waals surface area contributed by atoms with E-state index in [1.807, 2.05) is 14.0 Å². The second-order valence-corrected chi connectivity index (χ2v) is 4.84. The Morgan fingerprint density at radius 1 is 1.41 bits per heavy atom. The molecule has 0 aromatic heterocycles. The van der Waals surface area contributed by atoms with Crippen molar-refractivity contribution in [2.45, 2.75) is 13.5 Å². The maximum atomic E-state index is 5.38. The highest BCUT2D eigenvalue weighted by atomic mass is 79.9. The van der Waals surface area contributed by atoms with Gasteiger partial charge in [0.25, 0.3) is 0 Å². The lowest BCUT2D eigenvalue weighted by Gasteiger charge is -2.22. The lowest BCUT2D eigenvalue weighted by molar-refractivity contribution is 0.154. The van der Waals surface area contributed by atoms with Crippen molar-refractivity contribution in [1.82, 2.24) is 5.32 Å². The Labute approximate surface area is 112 Å². The Morgan fingerprint density at radius 2 is 2.18 bits per heavy atom. The Morgan fingerprint density at radius 3 is 2.82 bits per heavy atom. The highest BCUT2D eigenvalue weighted by Crippen LogP contribution is 2.23. The predicted molar refractivity (Wildman–Crippen MR) is 76.7 cm³/mol. The van der Waals surface area contributed by atoms with E-state index in [4.69, 9.17) is 4.74 Å². The first kappa shape index (κ1) is 14.5. The van der Waals surface area contributed by atoms with Gasteiger partial charge in [-0.3, -0.25) is 0 Å². The van der Waals surface area contributed by atoms with Crippen molar-refractivity contribution < 1.29 is 4.74 Å². The molecule has 0 heterocycles. The first-order chi connectivity index (χ1) is 8.19. The van der Waals surface area contributed by atoms with E-state index in [1.54, 1.807) is 0 Å². The third-order valence-electron chi connectivity index (χ3n) is 2.60. The normalized spacial score (nSPS) is 10.6. The molecule has 1 rings (SSSR count). The summed E-state index contributed by atoms with van der Waals surface area (Å²) < 4.78 is 6.50. The van der Waals surface area contributed by atoms with Crippen LogP contribution in [0.4, 0.5) is 5.69 Å². The predicted octanol–water partition coefficient (Wildman–Crippen LogP) is 2.64. The number of rotatable bonds is 7. The molecule has 96 valence electrons. The zero-order valence-electron chi connectivity index (χ0n) is 10.8. The molecule has 3 nitrogen and oxygen atoms in total. The molecule has 17 heavy (non-hydrogen) atoms. The summed E-state index contributed by atoms with van der Waals surface area (Å²) >= 11 is 3.51. The minimum atomic E-state index is 0.766. The Balaban J connectivity index is 2.73. The number of likely N-dealkylation sites (N-methyl/N-ethyl adjacent to an activating group) is 1. The SMILES string of the molecule is CCOCCN(C)c1ccc(Br)cc1CNC. The largest absolute Gasteiger partial charge is 0.380 e.